The average Bonchev–Trinajstić information content (AvgIpc) is 2.33. The molecule has 0 unspecified atom stereocenters. The van der Waals surface area contributed by atoms with Crippen molar-refractivity contribution in [1.29, 1.82) is 0 Å². The number of aromatic hydroxyl groups is 1. The molecule has 0 saturated carbocycles. The van der Waals surface area contributed by atoms with E-state index in [0.29, 0.717) is 5.75 Å². The third-order valence-corrected chi connectivity index (χ3v) is 2.12. The van der Waals surface area contributed by atoms with Gasteiger partial charge in [0.25, 0.3) is 0 Å². The fourth-order valence-corrected chi connectivity index (χ4v) is 1.31. The molecule has 0 radical (unpaired) electrons. The summed E-state index contributed by atoms with van der Waals surface area (Å²) in [6.07, 6.45) is 3.40. The molecule has 2 aromatic rings. The summed E-state index contributed by atoms with van der Waals surface area (Å²) in [5, 5.41) is 9.45. The Kier molecular flexibility index (Phi) is 3.24. The molecule has 0 aliphatic carbocycles. The summed E-state index contributed by atoms with van der Waals surface area (Å²) in [5.74, 6) is 0.592. The van der Waals surface area contributed by atoms with E-state index in [1.807, 2.05) is 42.5 Å². The molecule has 2 heteroatoms. The van der Waals surface area contributed by atoms with Crippen LogP contribution >= 0.6 is 0 Å². The smallest absolute Gasteiger partial charge is 0.168 e. The Bertz CT molecular complexity index is 475. The third-order valence-electron chi connectivity index (χ3n) is 2.12. The number of hydrogen-bond acceptors (Lipinski definition) is 2. The summed E-state index contributed by atoms with van der Waals surface area (Å²) in [6, 6.07) is 16.7. The summed E-state index contributed by atoms with van der Waals surface area (Å²) in [4.78, 5) is 0. The Labute approximate surface area is 94.4 Å². The summed E-state index contributed by atoms with van der Waals surface area (Å²) in [6.45, 7) is 0. The lowest BCUT2D eigenvalue weighted by atomic mass is 10.2. The van der Waals surface area contributed by atoms with E-state index >= 15 is 0 Å². The van der Waals surface area contributed by atoms with Crippen molar-refractivity contribution < 1.29 is 9.84 Å². The van der Waals surface area contributed by atoms with E-state index in [2.05, 4.69) is 0 Å². The van der Waals surface area contributed by atoms with Gasteiger partial charge in [-0.05, 0) is 23.8 Å². The van der Waals surface area contributed by atoms with Gasteiger partial charge in [0.05, 0.1) is 6.26 Å². The molecule has 80 valence electrons. The summed E-state index contributed by atoms with van der Waals surface area (Å²) >= 11 is 0. The molecular formula is C14H12O2. The minimum absolute atomic E-state index is 0.139. The van der Waals surface area contributed by atoms with Crippen molar-refractivity contribution >= 4 is 6.08 Å². The van der Waals surface area contributed by atoms with Gasteiger partial charge >= 0.3 is 0 Å². The van der Waals surface area contributed by atoms with Crippen LogP contribution in [-0.4, -0.2) is 5.11 Å². The first kappa shape index (κ1) is 10.3. The fraction of sp³-hybridized carbons (Fsp3) is 0. The highest BCUT2D eigenvalue weighted by Gasteiger charge is 1.96. The van der Waals surface area contributed by atoms with E-state index in [0.717, 1.165) is 5.56 Å². The van der Waals surface area contributed by atoms with Crippen molar-refractivity contribution in [3.8, 4) is 11.5 Å². The monoisotopic (exact) mass is 212 g/mol. The van der Waals surface area contributed by atoms with E-state index in [4.69, 9.17) is 4.74 Å². The fourth-order valence-electron chi connectivity index (χ4n) is 1.31. The number of phenols is 1. The maximum absolute atomic E-state index is 9.45. The number of rotatable bonds is 3. The summed E-state index contributed by atoms with van der Waals surface area (Å²) in [5.41, 5.74) is 1.05. The first-order chi connectivity index (χ1) is 7.86. The third kappa shape index (κ3) is 2.64. The lowest BCUT2D eigenvalue weighted by Crippen LogP contribution is -1.82. The molecule has 1 N–H and O–H groups in total. The minimum Gasteiger partial charge on any atom is -0.504 e. The molecule has 0 amide bonds. The van der Waals surface area contributed by atoms with Gasteiger partial charge in [-0.25, -0.2) is 0 Å². The minimum atomic E-state index is 0.139. The van der Waals surface area contributed by atoms with Crippen LogP contribution in [0.5, 0.6) is 11.5 Å². The van der Waals surface area contributed by atoms with Gasteiger partial charge in [0.1, 0.15) is 0 Å². The molecule has 0 aromatic heterocycles. The molecule has 0 spiro atoms. The van der Waals surface area contributed by atoms with Crippen LogP contribution in [0.3, 0.4) is 0 Å². The van der Waals surface area contributed by atoms with E-state index in [1.54, 1.807) is 24.5 Å². The normalized spacial score (nSPS) is 10.5. The van der Waals surface area contributed by atoms with Crippen LogP contribution in [0, 0.1) is 0 Å². The second-order valence-corrected chi connectivity index (χ2v) is 3.30. The highest BCUT2D eigenvalue weighted by atomic mass is 16.5. The van der Waals surface area contributed by atoms with E-state index < -0.39 is 0 Å². The number of ether oxygens (including phenoxy) is 1. The van der Waals surface area contributed by atoms with Gasteiger partial charge in [0.15, 0.2) is 11.5 Å². The molecule has 0 saturated heterocycles. The Balaban J connectivity index is 2.03. The van der Waals surface area contributed by atoms with Crippen molar-refractivity contribution in [2.75, 3.05) is 0 Å². The predicted molar refractivity (Wildman–Crippen MR) is 64.2 cm³/mol. The number of para-hydroxylation sites is 2. The van der Waals surface area contributed by atoms with Crippen LogP contribution in [0.2, 0.25) is 0 Å². The van der Waals surface area contributed by atoms with E-state index in [9.17, 15) is 5.11 Å². The molecule has 16 heavy (non-hydrogen) atoms. The molecule has 2 rings (SSSR count). The SMILES string of the molecule is Oc1ccccc1OC=Cc1ccccc1. The molecule has 0 fully saturated rings. The first-order valence-corrected chi connectivity index (χ1v) is 5.02. The quantitative estimate of drug-likeness (QED) is 0.790. The van der Waals surface area contributed by atoms with Crippen LogP contribution in [0.4, 0.5) is 0 Å². The maximum atomic E-state index is 9.45. The van der Waals surface area contributed by atoms with Crippen molar-refractivity contribution in [3.63, 3.8) is 0 Å². The van der Waals surface area contributed by atoms with Crippen LogP contribution in [0.25, 0.3) is 6.08 Å². The molecule has 0 bridgehead atoms. The van der Waals surface area contributed by atoms with Crippen LogP contribution in [0.1, 0.15) is 5.56 Å². The van der Waals surface area contributed by atoms with Crippen molar-refractivity contribution in [2.45, 2.75) is 0 Å². The Morgan fingerprint density at radius 1 is 0.875 bits per heavy atom. The van der Waals surface area contributed by atoms with E-state index in [-0.39, 0.29) is 5.75 Å². The Hall–Kier alpha value is -2.22. The van der Waals surface area contributed by atoms with Gasteiger partial charge in [-0.1, -0.05) is 42.5 Å². The lowest BCUT2D eigenvalue weighted by Gasteiger charge is -2.01. The second-order valence-electron chi connectivity index (χ2n) is 3.30. The average molecular weight is 212 g/mol. The first-order valence-electron chi connectivity index (χ1n) is 5.02. The number of benzene rings is 2. The van der Waals surface area contributed by atoms with Crippen molar-refractivity contribution in [1.82, 2.24) is 0 Å². The van der Waals surface area contributed by atoms with Gasteiger partial charge in [0.2, 0.25) is 0 Å². The van der Waals surface area contributed by atoms with Gasteiger partial charge in [0, 0.05) is 0 Å². The van der Waals surface area contributed by atoms with Gasteiger partial charge < -0.3 is 9.84 Å². The second kappa shape index (κ2) is 5.03. The van der Waals surface area contributed by atoms with Crippen LogP contribution in [-0.2, 0) is 0 Å². The predicted octanol–water partition coefficient (Wildman–Crippen LogP) is 3.44. The van der Waals surface area contributed by atoms with Gasteiger partial charge in [-0.3, -0.25) is 0 Å². The van der Waals surface area contributed by atoms with Crippen molar-refractivity contribution in [3.05, 3.63) is 66.4 Å². The molecule has 2 aromatic carbocycles. The number of phenolic OH excluding ortho intramolecular Hbond substituents is 1. The molecule has 0 heterocycles. The zero-order valence-electron chi connectivity index (χ0n) is 8.71. The molecule has 0 aliphatic rings. The molecule has 2 nitrogen and oxygen atoms in total. The molecule has 0 aliphatic heterocycles. The standard InChI is InChI=1S/C14H12O2/c15-13-8-4-5-9-14(13)16-11-10-12-6-2-1-3-7-12/h1-11,15H. The largest absolute Gasteiger partial charge is 0.504 e. The zero-order valence-corrected chi connectivity index (χ0v) is 8.71. The van der Waals surface area contributed by atoms with Gasteiger partial charge in [-0.2, -0.15) is 0 Å². The van der Waals surface area contributed by atoms with Crippen LogP contribution in [0.15, 0.2) is 60.9 Å². The molecular weight excluding hydrogens is 200 g/mol. The summed E-state index contributed by atoms with van der Waals surface area (Å²) < 4.78 is 5.31. The zero-order chi connectivity index (χ0) is 11.2. The highest BCUT2D eigenvalue weighted by molar-refractivity contribution is 5.48. The Morgan fingerprint density at radius 3 is 2.31 bits per heavy atom. The van der Waals surface area contributed by atoms with Crippen LogP contribution < -0.4 is 4.74 Å². The Morgan fingerprint density at radius 2 is 1.56 bits per heavy atom. The number of hydrogen-bond donors (Lipinski definition) is 1. The topological polar surface area (TPSA) is 29.5 Å². The maximum Gasteiger partial charge on any atom is 0.168 e. The lowest BCUT2D eigenvalue weighted by molar-refractivity contribution is 0.412. The van der Waals surface area contributed by atoms with E-state index in [1.165, 1.54) is 0 Å². The molecule has 0 atom stereocenters. The van der Waals surface area contributed by atoms with Gasteiger partial charge in [-0.15, -0.1) is 0 Å². The van der Waals surface area contributed by atoms with Crippen molar-refractivity contribution in [2.24, 2.45) is 0 Å². The highest BCUT2D eigenvalue weighted by Crippen LogP contribution is 2.24. The summed E-state index contributed by atoms with van der Waals surface area (Å²) in [7, 11) is 0.